The third kappa shape index (κ3) is 4.26. The zero-order chi connectivity index (χ0) is 11.1. The summed E-state index contributed by atoms with van der Waals surface area (Å²) < 4.78 is 4.88. The van der Waals surface area contributed by atoms with Gasteiger partial charge in [-0.15, -0.1) is 0 Å². The summed E-state index contributed by atoms with van der Waals surface area (Å²) in [6, 6.07) is 10.1. The van der Waals surface area contributed by atoms with Crippen LogP contribution in [-0.2, 0) is 9.53 Å². The average molecular weight is 206 g/mol. The molecule has 1 rings (SSSR count). The molecule has 2 heteroatoms. The highest BCUT2D eigenvalue weighted by Crippen LogP contribution is 2.19. The van der Waals surface area contributed by atoms with E-state index in [1.54, 1.807) is 7.11 Å². The predicted octanol–water partition coefficient (Wildman–Crippen LogP) is 2.79. The smallest absolute Gasteiger partial charge is 0.135 e. The second-order valence-corrected chi connectivity index (χ2v) is 3.80. The lowest BCUT2D eigenvalue weighted by Crippen LogP contribution is -2.07. The molecule has 1 unspecified atom stereocenters. The molecule has 1 aromatic carbocycles. The number of methoxy groups -OCH3 is 1. The third-order valence-electron chi connectivity index (χ3n) is 2.49. The molecule has 1 atom stereocenters. The van der Waals surface area contributed by atoms with Gasteiger partial charge in [-0.05, 0) is 11.5 Å². The molecule has 0 heterocycles. The van der Waals surface area contributed by atoms with E-state index in [9.17, 15) is 4.79 Å². The van der Waals surface area contributed by atoms with E-state index in [0.29, 0.717) is 25.4 Å². The van der Waals surface area contributed by atoms with Crippen LogP contribution in [0.15, 0.2) is 30.3 Å². The monoisotopic (exact) mass is 206 g/mol. The van der Waals surface area contributed by atoms with Crippen LogP contribution < -0.4 is 0 Å². The lowest BCUT2D eigenvalue weighted by atomic mass is 9.95. The van der Waals surface area contributed by atoms with E-state index in [4.69, 9.17) is 4.74 Å². The Hall–Kier alpha value is -1.15. The summed E-state index contributed by atoms with van der Waals surface area (Å²) in [7, 11) is 1.62. The van der Waals surface area contributed by atoms with E-state index in [2.05, 4.69) is 19.1 Å². The Balaban J connectivity index is 2.42. The normalized spacial score (nSPS) is 12.4. The molecule has 0 aliphatic heterocycles. The molecule has 2 nitrogen and oxygen atoms in total. The fraction of sp³-hybridized carbons (Fsp3) is 0.462. The molecule has 0 aliphatic rings. The van der Waals surface area contributed by atoms with Crippen LogP contribution in [0.4, 0.5) is 0 Å². The van der Waals surface area contributed by atoms with Crippen molar-refractivity contribution in [2.24, 2.45) is 0 Å². The minimum absolute atomic E-state index is 0.271. The van der Waals surface area contributed by atoms with Crippen LogP contribution in [0.2, 0.25) is 0 Å². The maximum atomic E-state index is 11.5. The Bertz CT molecular complexity index is 293. The first-order chi connectivity index (χ1) is 7.24. The number of rotatable bonds is 6. The molecule has 0 radical (unpaired) electrons. The minimum atomic E-state index is 0.271. The molecule has 0 aliphatic carbocycles. The van der Waals surface area contributed by atoms with Gasteiger partial charge in [0.25, 0.3) is 0 Å². The zero-order valence-electron chi connectivity index (χ0n) is 9.40. The molecule has 0 bridgehead atoms. The van der Waals surface area contributed by atoms with Gasteiger partial charge in [0, 0.05) is 20.0 Å². The van der Waals surface area contributed by atoms with Crippen LogP contribution in [0.25, 0.3) is 0 Å². The molecule has 0 saturated carbocycles. The van der Waals surface area contributed by atoms with Gasteiger partial charge < -0.3 is 4.74 Å². The summed E-state index contributed by atoms with van der Waals surface area (Å²) in [5, 5.41) is 0. The van der Waals surface area contributed by atoms with E-state index in [0.717, 1.165) is 0 Å². The van der Waals surface area contributed by atoms with Gasteiger partial charge in [-0.2, -0.15) is 0 Å². The number of ether oxygens (including phenoxy) is 1. The van der Waals surface area contributed by atoms with Gasteiger partial charge in [-0.25, -0.2) is 0 Å². The maximum absolute atomic E-state index is 11.5. The van der Waals surface area contributed by atoms with Gasteiger partial charge >= 0.3 is 0 Å². The van der Waals surface area contributed by atoms with Crippen LogP contribution in [0.1, 0.15) is 31.2 Å². The summed E-state index contributed by atoms with van der Waals surface area (Å²) in [5.74, 6) is 0.573. The lowest BCUT2D eigenvalue weighted by molar-refractivity contribution is -0.120. The number of hydrogen-bond donors (Lipinski definition) is 0. The molecular weight excluding hydrogens is 188 g/mol. The van der Waals surface area contributed by atoms with Crippen molar-refractivity contribution >= 4 is 5.78 Å². The van der Waals surface area contributed by atoms with Crippen molar-refractivity contribution in [3.8, 4) is 0 Å². The van der Waals surface area contributed by atoms with Crippen LogP contribution >= 0.6 is 0 Å². The molecule has 1 aromatic rings. The molecule has 15 heavy (non-hydrogen) atoms. The van der Waals surface area contributed by atoms with E-state index in [1.165, 1.54) is 5.56 Å². The summed E-state index contributed by atoms with van der Waals surface area (Å²) in [6.07, 6.45) is 1.13. The first-order valence-corrected chi connectivity index (χ1v) is 5.29. The van der Waals surface area contributed by atoms with Crippen LogP contribution in [-0.4, -0.2) is 19.5 Å². The van der Waals surface area contributed by atoms with Crippen molar-refractivity contribution < 1.29 is 9.53 Å². The first kappa shape index (κ1) is 11.9. The number of carbonyl (C=O) groups excluding carboxylic acids is 1. The summed E-state index contributed by atoms with van der Waals surface area (Å²) >= 11 is 0. The van der Waals surface area contributed by atoms with Crippen LogP contribution in [0, 0.1) is 0 Å². The molecule has 0 aromatic heterocycles. The van der Waals surface area contributed by atoms with Crippen molar-refractivity contribution in [1.82, 2.24) is 0 Å². The number of benzene rings is 1. The average Bonchev–Trinajstić information content (AvgIpc) is 2.27. The van der Waals surface area contributed by atoms with Crippen molar-refractivity contribution in [3.63, 3.8) is 0 Å². The van der Waals surface area contributed by atoms with Crippen molar-refractivity contribution in [2.75, 3.05) is 13.7 Å². The van der Waals surface area contributed by atoms with E-state index in [-0.39, 0.29) is 5.78 Å². The summed E-state index contributed by atoms with van der Waals surface area (Å²) in [6.45, 7) is 2.61. The Morgan fingerprint density at radius 3 is 2.60 bits per heavy atom. The maximum Gasteiger partial charge on any atom is 0.135 e. The number of Topliss-reactive ketones (excluding diaryl/α,β-unsaturated/α-hetero) is 1. The molecule has 0 saturated heterocycles. The van der Waals surface area contributed by atoms with Gasteiger partial charge in [-0.1, -0.05) is 37.3 Å². The number of carbonyl (C=O) groups is 1. The van der Waals surface area contributed by atoms with E-state index in [1.807, 2.05) is 18.2 Å². The second kappa shape index (κ2) is 6.36. The highest BCUT2D eigenvalue weighted by molar-refractivity contribution is 5.79. The lowest BCUT2D eigenvalue weighted by Gasteiger charge is -2.10. The highest BCUT2D eigenvalue weighted by Gasteiger charge is 2.10. The predicted molar refractivity (Wildman–Crippen MR) is 61.0 cm³/mol. The van der Waals surface area contributed by atoms with Crippen molar-refractivity contribution in [2.45, 2.75) is 25.7 Å². The Morgan fingerprint density at radius 1 is 1.33 bits per heavy atom. The van der Waals surface area contributed by atoms with Gasteiger partial charge in [0.1, 0.15) is 5.78 Å². The quantitative estimate of drug-likeness (QED) is 0.715. The molecular formula is C13H18O2. The SMILES string of the molecule is COCCC(=O)CC(C)c1ccccc1. The van der Waals surface area contributed by atoms with E-state index >= 15 is 0 Å². The molecule has 82 valence electrons. The topological polar surface area (TPSA) is 26.3 Å². The Labute approximate surface area is 91.3 Å². The van der Waals surface area contributed by atoms with Gasteiger partial charge in [0.2, 0.25) is 0 Å². The standard InChI is InChI=1S/C13H18O2/c1-11(10-13(14)8-9-15-2)12-6-4-3-5-7-12/h3-7,11H,8-10H2,1-2H3. The van der Waals surface area contributed by atoms with Gasteiger partial charge in [0.05, 0.1) is 6.61 Å². The van der Waals surface area contributed by atoms with Gasteiger partial charge in [0.15, 0.2) is 0 Å². The van der Waals surface area contributed by atoms with Gasteiger partial charge in [-0.3, -0.25) is 4.79 Å². The first-order valence-electron chi connectivity index (χ1n) is 5.29. The molecule has 0 spiro atoms. The van der Waals surface area contributed by atoms with Crippen LogP contribution in [0.3, 0.4) is 0 Å². The van der Waals surface area contributed by atoms with Crippen molar-refractivity contribution in [1.29, 1.82) is 0 Å². The number of hydrogen-bond acceptors (Lipinski definition) is 2. The molecule has 0 amide bonds. The second-order valence-electron chi connectivity index (χ2n) is 3.80. The molecule has 0 fully saturated rings. The fourth-order valence-corrected chi connectivity index (χ4v) is 1.56. The Kier molecular flexibility index (Phi) is 5.05. The molecule has 0 N–H and O–H groups in total. The van der Waals surface area contributed by atoms with Crippen LogP contribution in [0.5, 0.6) is 0 Å². The summed E-state index contributed by atoms with van der Waals surface area (Å²) in [4.78, 5) is 11.5. The van der Waals surface area contributed by atoms with Crippen molar-refractivity contribution in [3.05, 3.63) is 35.9 Å². The highest BCUT2D eigenvalue weighted by atomic mass is 16.5. The third-order valence-corrected chi connectivity index (χ3v) is 2.49. The fourth-order valence-electron chi connectivity index (χ4n) is 1.56. The number of ketones is 1. The summed E-state index contributed by atoms with van der Waals surface area (Å²) in [5.41, 5.74) is 1.23. The van der Waals surface area contributed by atoms with E-state index < -0.39 is 0 Å². The Morgan fingerprint density at radius 2 is 2.00 bits per heavy atom. The zero-order valence-corrected chi connectivity index (χ0v) is 9.40. The largest absolute Gasteiger partial charge is 0.384 e. The minimum Gasteiger partial charge on any atom is -0.384 e.